The minimum Gasteiger partial charge on any atom is -0.468 e. The molecule has 0 aliphatic heterocycles. The van der Waals surface area contributed by atoms with E-state index in [1.807, 2.05) is 0 Å². The fourth-order valence-electron chi connectivity index (χ4n) is 1.93. The maximum atomic E-state index is 13.8. The molecule has 5 heteroatoms. The Morgan fingerprint density at radius 3 is 2.42 bits per heavy atom. The summed E-state index contributed by atoms with van der Waals surface area (Å²) >= 11 is 0. The number of hydrogen-bond donors (Lipinski definition) is 1. The van der Waals surface area contributed by atoms with Gasteiger partial charge in [0, 0.05) is 11.6 Å². The van der Waals surface area contributed by atoms with Gasteiger partial charge in [-0.15, -0.1) is 0 Å². The van der Waals surface area contributed by atoms with Crippen LogP contribution in [0.1, 0.15) is 37.9 Å². The van der Waals surface area contributed by atoms with E-state index in [1.54, 1.807) is 20.8 Å². The molecule has 0 amide bonds. The predicted molar refractivity (Wildman–Crippen MR) is 68.7 cm³/mol. The first-order valence-electron chi connectivity index (χ1n) is 6.00. The maximum absolute atomic E-state index is 13.8. The van der Waals surface area contributed by atoms with Crippen molar-refractivity contribution < 1.29 is 18.3 Å². The highest BCUT2D eigenvalue weighted by Gasteiger charge is 2.31. The molecule has 19 heavy (non-hydrogen) atoms. The topological polar surface area (TPSA) is 38.3 Å². The summed E-state index contributed by atoms with van der Waals surface area (Å²) in [4.78, 5) is 11.6. The predicted octanol–water partition coefficient (Wildman–Crippen LogP) is 2.88. The van der Waals surface area contributed by atoms with Crippen LogP contribution in [0.25, 0.3) is 0 Å². The number of hydrogen-bond acceptors (Lipinski definition) is 3. The summed E-state index contributed by atoms with van der Waals surface area (Å²) in [5, 5.41) is 2.93. The Kier molecular flexibility index (Phi) is 4.63. The largest absolute Gasteiger partial charge is 0.468 e. The van der Waals surface area contributed by atoms with Gasteiger partial charge in [-0.25, -0.2) is 8.78 Å². The number of ether oxygens (including phenoxy) is 1. The second-order valence-corrected chi connectivity index (χ2v) is 5.11. The number of halogens is 2. The van der Waals surface area contributed by atoms with Crippen LogP contribution in [0.3, 0.4) is 0 Å². The van der Waals surface area contributed by atoms with Gasteiger partial charge in [-0.1, -0.05) is 0 Å². The van der Waals surface area contributed by atoms with E-state index < -0.39 is 29.2 Å². The molecule has 1 unspecified atom stereocenters. The van der Waals surface area contributed by atoms with Crippen molar-refractivity contribution >= 4 is 5.97 Å². The Morgan fingerprint density at radius 1 is 1.32 bits per heavy atom. The molecule has 0 saturated carbocycles. The zero-order chi connectivity index (χ0) is 14.8. The lowest BCUT2D eigenvalue weighted by Crippen LogP contribution is -2.48. The summed E-state index contributed by atoms with van der Waals surface area (Å²) in [6, 6.07) is 1.77. The van der Waals surface area contributed by atoms with E-state index in [-0.39, 0.29) is 11.1 Å². The van der Waals surface area contributed by atoms with Crippen LogP contribution in [0.2, 0.25) is 0 Å². The molecule has 3 nitrogen and oxygen atoms in total. The zero-order valence-electron chi connectivity index (χ0n) is 11.8. The lowest BCUT2D eigenvalue weighted by Gasteiger charge is -2.28. The summed E-state index contributed by atoms with van der Waals surface area (Å²) < 4.78 is 32.0. The van der Waals surface area contributed by atoms with E-state index in [0.717, 1.165) is 12.1 Å². The van der Waals surface area contributed by atoms with Gasteiger partial charge in [0.2, 0.25) is 0 Å². The Bertz CT molecular complexity index is 487. The Morgan fingerprint density at radius 2 is 1.89 bits per heavy atom. The normalized spacial score (nSPS) is 13.2. The molecular formula is C14H19F2NO2. The molecule has 1 aromatic carbocycles. The summed E-state index contributed by atoms with van der Waals surface area (Å²) in [5.74, 6) is -1.44. The monoisotopic (exact) mass is 271 g/mol. The van der Waals surface area contributed by atoms with Crippen molar-refractivity contribution in [1.82, 2.24) is 5.32 Å². The van der Waals surface area contributed by atoms with E-state index in [9.17, 15) is 13.6 Å². The molecule has 0 bridgehead atoms. The fourth-order valence-corrected chi connectivity index (χ4v) is 1.93. The number of nitrogens with one attached hydrogen (secondary N) is 1. The van der Waals surface area contributed by atoms with Crippen molar-refractivity contribution in [3.05, 3.63) is 34.9 Å². The second kappa shape index (κ2) is 5.65. The van der Waals surface area contributed by atoms with E-state index in [2.05, 4.69) is 10.1 Å². The van der Waals surface area contributed by atoms with Crippen molar-refractivity contribution in [1.29, 1.82) is 0 Å². The van der Waals surface area contributed by atoms with Crippen LogP contribution in [0, 0.1) is 18.6 Å². The van der Waals surface area contributed by atoms with E-state index in [1.165, 1.54) is 14.0 Å². The first-order valence-corrected chi connectivity index (χ1v) is 6.00. The number of aryl methyl sites for hydroxylation is 1. The van der Waals surface area contributed by atoms with Gasteiger partial charge in [-0.3, -0.25) is 10.1 Å². The smallest absolute Gasteiger partial charge is 0.325 e. The van der Waals surface area contributed by atoms with Crippen LogP contribution in [0.5, 0.6) is 0 Å². The fraction of sp³-hybridized carbons (Fsp3) is 0.500. The van der Waals surface area contributed by atoms with Gasteiger partial charge in [-0.05, 0) is 45.4 Å². The molecule has 1 N–H and O–H groups in total. The van der Waals surface area contributed by atoms with E-state index in [4.69, 9.17) is 0 Å². The highest BCUT2D eigenvalue weighted by molar-refractivity contribution is 5.79. The number of benzene rings is 1. The molecule has 0 aliphatic rings. The molecule has 0 aliphatic carbocycles. The van der Waals surface area contributed by atoms with Crippen molar-refractivity contribution in [2.24, 2.45) is 0 Å². The van der Waals surface area contributed by atoms with Gasteiger partial charge in [0.25, 0.3) is 0 Å². The lowest BCUT2D eigenvalue weighted by atomic mass is 9.99. The molecule has 1 rings (SSSR count). The molecule has 0 saturated heterocycles. The first-order chi connectivity index (χ1) is 8.69. The van der Waals surface area contributed by atoms with Crippen molar-refractivity contribution in [3.8, 4) is 0 Å². The van der Waals surface area contributed by atoms with Crippen LogP contribution in [0.4, 0.5) is 8.78 Å². The van der Waals surface area contributed by atoms with Gasteiger partial charge in [0.05, 0.1) is 7.11 Å². The molecule has 1 atom stereocenters. The Labute approximate surface area is 112 Å². The Balaban J connectivity index is 2.99. The number of carbonyl (C=O) groups is 1. The third-order valence-electron chi connectivity index (χ3n) is 3.02. The number of esters is 1. The van der Waals surface area contributed by atoms with Crippen LogP contribution in [-0.4, -0.2) is 18.6 Å². The van der Waals surface area contributed by atoms with E-state index in [0.29, 0.717) is 0 Å². The van der Waals surface area contributed by atoms with Crippen molar-refractivity contribution in [2.75, 3.05) is 7.11 Å². The molecule has 1 aromatic rings. The third kappa shape index (κ3) is 3.50. The second-order valence-electron chi connectivity index (χ2n) is 5.11. The van der Waals surface area contributed by atoms with Crippen LogP contribution in [0.15, 0.2) is 12.1 Å². The van der Waals surface area contributed by atoms with Gasteiger partial charge in [0.1, 0.15) is 17.2 Å². The summed E-state index contributed by atoms with van der Waals surface area (Å²) in [6.07, 6.45) is 0. The first kappa shape index (κ1) is 15.6. The molecule has 0 spiro atoms. The van der Waals surface area contributed by atoms with Gasteiger partial charge in [0.15, 0.2) is 0 Å². The minimum absolute atomic E-state index is 0.181. The molecule has 0 aromatic heterocycles. The summed E-state index contributed by atoms with van der Waals surface area (Å²) in [6.45, 7) is 6.41. The highest BCUT2D eigenvalue weighted by atomic mass is 19.1. The number of carbonyl (C=O) groups excluding carboxylic acids is 1. The number of rotatable bonds is 4. The Hall–Kier alpha value is -1.49. The third-order valence-corrected chi connectivity index (χ3v) is 3.02. The van der Waals surface area contributed by atoms with Crippen LogP contribution < -0.4 is 5.32 Å². The molecule has 0 heterocycles. The molecular weight excluding hydrogens is 252 g/mol. The summed E-state index contributed by atoms with van der Waals surface area (Å²) in [5.41, 5.74) is -0.553. The highest BCUT2D eigenvalue weighted by Crippen LogP contribution is 2.23. The molecule has 0 radical (unpaired) electrons. The van der Waals surface area contributed by atoms with Crippen LogP contribution in [-0.2, 0) is 9.53 Å². The zero-order valence-corrected chi connectivity index (χ0v) is 11.8. The standard InChI is InChI=1S/C14H19F2NO2/c1-8-6-12(16)10(7-11(8)15)9(2)17-14(3,4)13(18)19-5/h6-7,9,17H,1-5H3. The minimum atomic E-state index is -0.984. The summed E-state index contributed by atoms with van der Waals surface area (Å²) in [7, 11) is 1.28. The van der Waals surface area contributed by atoms with Crippen molar-refractivity contribution in [3.63, 3.8) is 0 Å². The van der Waals surface area contributed by atoms with Gasteiger partial charge < -0.3 is 4.74 Å². The van der Waals surface area contributed by atoms with Crippen molar-refractivity contribution in [2.45, 2.75) is 39.3 Å². The van der Waals surface area contributed by atoms with Gasteiger partial charge in [-0.2, -0.15) is 0 Å². The average molecular weight is 271 g/mol. The molecule has 0 fully saturated rings. The maximum Gasteiger partial charge on any atom is 0.325 e. The van der Waals surface area contributed by atoms with Crippen LogP contribution >= 0.6 is 0 Å². The SMILES string of the molecule is COC(=O)C(C)(C)NC(C)c1cc(F)c(C)cc1F. The number of methoxy groups -OCH3 is 1. The quantitative estimate of drug-likeness (QED) is 0.856. The van der Waals surface area contributed by atoms with E-state index >= 15 is 0 Å². The van der Waals surface area contributed by atoms with Gasteiger partial charge >= 0.3 is 5.97 Å². The average Bonchev–Trinajstić information content (AvgIpc) is 2.31. The molecule has 106 valence electrons. The lowest BCUT2D eigenvalue weighted by molar-refractivity contribution is -0.147.